The van der Waals surface area contributed by atoms with Crippen molar-refractivity contribution < 1.29 is 4.74 Å². The first-order valence-electron chi connectivity index (χ1n) is 7.96. The molecule has 0 atom stereocenters. The summed E-state index contributed by atoms with van der Waals surface area (Å²) in [6, 6.07) is 21.3. The minimum absolute atomic E-state index is 0.0886. The Hall–Kier alpha value is -1.60. The highest BCUT2D eigenvalue weighted by molar-refractivity contribution is 5.38. The molecule has 21 heavy (non-hydrogen) atoms. The van der Waals surface area contributed by atoms with Gasteiger partial charge in [-0.05, 0) is 24.5 Å². The van der Waals surface area contributed by atoms with E-state index in [4.69, 9.17) is 4.74 Å². The summed E-state index contributed by atoms with van der Waals surface area (Å²) < 4.78 is 6.01. The topological polar surface area (TPSA) is 9.23 Å². The number of rotatable bonds is 8. The number of hydrogen-bond acceptors (Lipinski definition) is 1. The predicted molar refractivity (Wildman–Crippen MR) is 89.7 cm³/mol. The van der Waals surface area contributed by atoms with Gasteiger partial charge in [-0.15, -0.1) is 0 Å². The molecular weight excluding hydrogens is 256 g/mol. The molecule has 0 aliphatic carbocycles. The number of benzene rings is 2. The Balaban J connectivity index is 2.15. The third-order valence-corrected chi connectivity index (χ3v) is 4.10. The zero-order chi connectivity index (χ0) is 15.0. The summed E-state index contributed by atoms with van der Waals surface area (Å²) >= 11 is 0. The summed E-state index contributed by atoms with van der Waals surface area (Å²) in [6.45, 7) is 6.07. The van der Waals surface area contributed by atoms with Crippen LogP contribution in [0.5, 0.6) is 0 Å². The van der Waals surface area contributed by atoms with E-state index in [1.807, 2.05) is 0 Å². The molecule has 0 radical (unpaired) electrons. The van der Waals surface area contributed by atoms with Gasteiger partial charge in [-0.25, -0.2) is 0 Å². The van der Waals surface area contributed by atoms with E-state index >= 15 is 0 Å². The van der Waals surface area contributed by atoms with Crippen molar-refractivity contribution in [3.63, 3.8) is 0 Å². The highest BCUT2D eigenvalue weighted by atomic mass is 16.5. The molecule has 0 fully saturated rings. The van der Waals surface area contributed by atoms with Gasteiger partial charge in [0.2, 0.25) is 0 Å². The molecule has 0 aliphatic heterocycles. The molecule has 1 nitrogen and oxygen atoms in total. The lowest BCUT2D eigenvalue weighted by molar-refractivity contribution is 0.0982. The molecule has 0 N–H and O–H groups in total. The van der Waals surface area contributed by atoms with E-state index in [-0.39, 0.29) is 5.41 Å². The van der Waals surface area contributed by atoms with Crippen molar-refractivity contribution in [3.8, 4) is 0 Å². The SMILES string of the molecule is CCCCCOCC(C)(c1ccccc1)c1ccccc1. The second-order valence-electron chi connectivity index (χ2n) is 5.82. The summed E-state index contributed by atoms with van der Waals surface area (Å²) in [4.78, 5) is 0. The third kappa shape index (κ3) is 4.18. The Bertz CT molecular complexity index is 464. The maximum absolute atomic E-state index is 6.01. The Morgan fingerprint density at radius 3 is 1.81 bits per heavy atom. The van der Waals surface area contributed by atoms with Crippen molar-refractivity contribution >= 4 is 0 Å². The summed E-state index contributed by atoms with van der Waals surface area (Å²) in [5.74, 6) is 0. The molecule has 2 aromatic carbocycles. The van der Waals surface area contributed by atoms with Gasteiger partial charge in [-0.2, -0.15) is 0 Å². The largest absolute Gasteiger partial charge is 0.380 e. The summed E-state index contributed by atoms with van der Waals surface area (Å²) in [5, 5.41) is 0. The van der Waals surface area contributed by atoms with Crippen LogP contribution >= 0.6 is 0 Å². The van der Waals surface area contributed by atoms with Crippen molar-refractivity contribution in [2.75, 3.05) is 13.2 Å². The van der Waals surface area contributed by atoms with E-state index in [0.717, 1.165) is 19.6 Å². The molecule has 0 saturated carbocycles. The van der Waals surface area contributed by atoms with E-state index in [1.54, 1.807) is 0 Å². The van der Waals surface area contributed by atoms with E-state index in [1.165, 1.54) is 24.0 Å². The zero-order valence-electron chi connectivity index (χ0n) is 13.2. The fourth-order valence-corrected chi connectivity index (χ4v) is 2.68. The Labute approximate surface area is 129 Å². The maximum Gasteiger partial charge on any atom is 0.0600 e. The van der Waals surface area contributed by atoms with Crippen molar-refractivity contribution in [2.45, 2.75) is 38.5 Å². The quantitative estimate of drug-likeness (QED) is 0.605. The third-order valence-electron chi connectivity index (χ3n) is 4.10. The smallest absolute Gasteiger partial charge is 0.0600 e. The maximum atomic E-state index is 6.01. The molecule has 0 unspecified atom stereocenters. The predicted octanol–water partition coefficient (Wildman–Crippen LogP) is 5.20. The van der Waals surface area contributed by atoms with Crippen LogP contribution in [0.1, 0.15) is 44.2 Å². The van der Waals surface area contributed by atoms with E-state index < -0.39 is 0 Å². The van der Waals surface area contributed by atoms with Gasteiger partial charge in [0.25, 0.3) is 0 Å². The van der Waals surface area contributed by atoms with Gasteiger partial charge < -0.3 is 4.74 Å². The van der Waals surface area contributed by atoms with E-state index in [2.05, 4.69) is 74.5 Å². The van der Waals surface area contributed by atoms with Crippen LogP contribution in [0.2, 0.25) is 0 Å². The molecule has 2 aromatic rings. The molecular formula is C20H26O. The molecule has 2 rings (SSSR count). The molecule has 0 spiro atoms. The van der Waals surface area contributed by atoms with Crippen LogP contribution < -0.4 is 0 Å². The lowest BCUT2D eigenvalue weighted by atomic mass is 9.77. The molecule has 0 amide bonds. The lowest BCUT2D eigenvalue weighted by Crippen LogP contribution is -2.30. The number of hydrogen-bond donors (Lipinski definition) is 0. The van der Waals surface area contributed by atoms with Crippen LogP contribution in [0.25, 0.3) is 0 Å². The van der Waals surface area contributed by atoms with Crippen LogP contribution in [0.3, 0.4) is 0 Å². The second-order valence-corrected chi connectivity index (χ2v) is 5.82. The first-order chi connectivity index (χ1) is 10.3. The van der Waals surface area contributed by atoms with Gasteiger partial charge >= 0.3 is 0 Å². The summed E-state index contributed by atoms with van der Waals surface area (Å²) in [6.07, 6.45) is 3.63. The van der Waals surface area contributed by atoms with Gasteiger partial charge in [-0.3, -0.25) is 0 Å². The Morgan fingerprint density at radius 2 is 1.33 bits per heavy atom. The van der Waals surface area contributed by atoms with Crippen molar-refractivity contribution in [2.24, 2.45) is 0 Å². The van der Waals surface area contributed by atoms with Crippen LogP contribution in [-0.4, -0.2) is 13.2 Å². The highest BCUT2D eigenvalue weighted by Crippen LogP contribution is 2.32. The summed E-state index contributed by atoms with van der Waals surface area (Å²) in [7, 11) is 0. The average Bonchev–Trinajstić information content (AvgIpc) is 2.56. The standard InChI is InChI=1S/C20H26O/c1-3-4-11-16-21-17-20(2,18-12-7-5-8-13-18)19-14-9-6-10-15-19/h5-10,12-15H,3-4,11,16-17H2,1-2H3. The summed E-state index contributed by atoms with van der Waals surface area (Å²) in [5.41, 5.74) is 2.53. The van der Waals surface area contributed by atoms with Gasteiger partial charge in [-0.1, -0.05) is 80.4 Å². The van der Waals surface area contributed by atoms with Crippen LogP contribution in [0.15, 0.2) is 60.7 Å². The Morgan fingerprint density at radius 1 is 0.810 bits per heavy atom. The van der Waals surface area contributed by atoms with Crippen molar-refractivity contribution in [1.29, 1.82) is 0 Å². The molecule has 0 aliphatic rings. The molecule has 112 valence electrons. The van der Waals surface area contributed by atoms with Crippen molar-refractivity contribution in [3.05, 3.63) is 71.8 Å². The Kier molecular flexibility index (Phi) is 6.01. The first-order valence-corrected chi connectivity index (χ1v) is 7.96. The average molecular weight is 282 g/mol. The fraction of sp³-hybridized carbons (Fsp3) is 0.400. The fourth-order valence-electron chi connectivity index (χ4n) is 2.68. The zero-order valence-corrected chi connectivity index (χ0v) is 13.2. The van der Waals surface area contributed by atoms with E-state index in [9.17, 15) is 0 Å². The van der Waals surface area contributed by atoms with Crippen LogP contribution in [-0.2, 0) is 10.2 Å². The molecule has 1 heteroatoms. The monoisotopic (exact) mass is 282 g/mol. The van der Waals surface area contributed by atoms with Crippen LogP contribution in [0, 0.1) is 0 Å². The lowest BCUT2D eigenvalue weighted by Gasteiger charge is -2.31. The van der Waals surface area contributed by atoms with Gasteiger partial charge in [0.1, 0.15) is 0 Å². The van der Waals surface area contributed by atoms with E-state index in [0.29, 0.717) is 0 Å². The van der Waals surface area contributed by atoms with Crippen LogP contribution in [0.4, 0.5) is 0 Å². The van der Waals surface area contributed by atoms with Gasteiger partial charge in [0, 0.05) is 12.0 Å². The molecule has 0 aromatic heterocycles. The number of unbranched alkanes of at least 4 members (excludes halogenated alkanes) is 2. The molecule has 0 saturated heterocycles. The highest BCUT2D eigenvalue weighted by Gasteiger charge is 2.28. The minimum Gasteiger partial charge on any atom is -0.380 e. The molecule has 0 heterocycles. The van der Waals surface area contributed by atoms with Gasteiger partial charge in [0.05, 0.1) is 6.61 Å². The molecule has 0 bridgehead atoms. The second kappa shape index (κ2) is 7.99. The van der Waals surface area contributed by atoms with Crippen molar-refractivity contribution in [1.82, 2.24) is 0 Å². The van der Waals surface area contributed by atoms with Gasteiger partial charge in [0.15, 0.2) is 0 Å². The number of ether oxygens (including phenoxy) is 1. The normalized spacial score (nSPS) is 11.5. The minimum atomic E-state index is -0.0886. The first kappa shape index (κ1) is 15.8.